The van der Waals surface area contributed by atoms with Gasteiger partial charge in [-0.3, -0.25) is 14.5 Å². The Labute approximate surface area is 260 Å². The lowest BCUT2D eigenvalue weighted by molar-refractivity contribution is -0.183. The first-order valence-electron chi connectivity index (χ1n) is 15.8. The Morgan fingerprint density at radius 2 is 1.93 bits per heavy atom. The lowest BCUT2D eigenvalue weighted by Gasteiger charge is -2.33. The molecule has 0 radical (unpaired) electrons. The minimum atomic E-state index is -4.45. The molecule has 2 saturated carbocycles. The van der Waals surface area contributed by atoms with Gasteiger partial charge in [-0.2, -0.15) is 18.3 Å². The van der Waals surface area contributed by atoms with Crippen LogP contribution >= 0.6 is 0 Å². The summed E-state index contributed by atoms with van der Waals surface area (Å²) in [7, 11) is 0. The number of nitrogens with one attached hydrogen (secondary N) is 3. The van der Waals surface area contributed by atoms with E-state index in [0.717, 1.165) is 12.8 Å². The molecule has 3 aliphatic heterocycles. The van der Waals surface area contributed by atoms with Crippen molar-refractivity contribution in [2.45, 2.75) is 87.9 Å². The van der Waals surface area contributed by atoms with Gasteiger partial charge in [-0.1, -0.05) is 5.16 Å². The van der Waals surface area contributed by atoms with Crippen LogP contribution < -0.4 is 16.1 Å². The lowest BCUT2D eigenvalue weighted by atomic mass is 9.81. The van der Waals surface area contributed by atoms with Gasteiger partial charge in [0, 0.05) is 44.2 Å². The van der Waals surface area contributed by atoms with Crippen LogP contribution in [0.4, 0.5) is 22.0 Å². The maximum atomic E-state index is 14.1. The first kappa shape index (κ1) is 31.1. The molecule has 7 rings (SSSR count). The Kier molecular flexibility index (Phi) is 8.10. The number of carbonyl (C=O) groups is 2. The largest absolute Gasteiger partial charge is 0.393 e. The highest BCUT2D eigenvalue weighted by Gasteiger charge is 2.46. The van der Waals surface area contributed by atoms with Gasteiger partial charge in [0.15, 0.2) is 5.71 Å². The summed E-state index contributed by atoms with van der Waals surface area (Å²) in [6, 6.07) is -1.14. The summed E-state index contributed by atoms with van der Waals surface area (Å²) in [6.45, 7) is 0.345. The highest BCUT2D eigenvalue weighted by molar-refractivity contribution is 6.41. The van der Waals surface area contributed by atoms with Crippen molar-refractivity contribution < 1.29 is 41.2 Å². The third-order valence-electron chi connectivity index (χ3n) is 9.90. The fraction of sp³-hybridized carbons (Fsp3) is 0.724. The van der Waals surface area contributed by atoms with Gasteiger partial charge in [0.05, 0.1) is 47.9 Å². The Morgan fingerprint density at radius 1 is 1.15 bits per heavy atom. The summed E-state index contributed by atoms with van der Waals surface area (Å²) in [6.07, 6.45) is -1.22. The zero-order chi connectivity index (χ0) is 32.2. The molecule has 17 heteroatoms. The summed E-state index contributed by atoms with van der Waals surface area (Å²) in [4.78, 5) is 40.6. The molecule has 4 fully saturated rings. The van der Waals surface area contributed by atoms with Gasteiger partial charge in [-0.15, -0.1) is 5.48 Å². The maximum absolute atomic E-state index is 14.1. The number of rotatable bonds is 8. The molecule has 250 valence electrons. The van der Waals surface area contributed by atoms with E-state index in [1.54, 1.807) is 6.20 Å². The number of nitrogens with zero attached hydrogens (tertiary/aromatic N) is 5. The van der Waals surface area contributed by atoms with Gasteiger partial charge in [0.1, 0.15) is 0 Å². The second kappa shape index (κ2) is 12.0. The van der Waals surface area contributed by atoms with Gasteiger partial charge in [0.2, 0.25) is 11.8 Å². The number of halogens is 5. The van der Waals surface area contributed by atoms with Gasteiger partial charge in [-0.25, -0.2) is 23.3 Å². The van der Waals surface area contributed by atoms with E-state index in [2.05, 4.69) is 26.3 Å². The minimum Gasteiger partial charge on any atom is -0.381 e. The quantitative estimate of drug-likeness (QED) is 0.369. The second-order valence-corrected chi connectivity index (χ2v) is 13.2. The number of imidazole rings is 1. The predicted molar refractivity (Wildman–Crippen MR) is 149 cm³/mol. The van der Waals surface area contributed by atoms with Crippen LogP contribution in [0.25, 0.3) is 5.78 Å². The number of oxime groups is 1. The van der Waals surface area contributed by atoms with Crippen molar-refractivity contribution >= 4 is 23.3 Å². The van der Waals surface area contributed by atoms with Crippen LogP contribution in [-0.2, 0) is 25.7 Å². The fourth-order valence-corrected chi connectivity index (χ4v) is 7.04. The average Bonchev–Trinajstić information content (AvgIpc) is 3.37. The van der Waals surface area contributed by atoms with Gasteiger partial charge in [-0.05, 0) is 50.4 Å². The van der Waals surface area contributed by atoms with Gasteiger partial charge in [0.25, 0.3) is 11.7 Å². The number of carbonyl (C=O) groups excluding carboxylic acids is 2. The van der Waals surface area contributed by atoms with Crippen LogP contribution in [0.3, 0.4) is 0 Å². The topological polar surface area (TPSA) is 144 Å². The van der Waals surface area contributed by atoms with Crippen LogP contribution in [0, 0.1) is 23.7 Å². The van der Waals surface area contributed by atoms with Gasteiger partial charge >= 0.3 is 6.18 Å². The molecule has 2 amide bonds. The molecule has 2 aromatic heterocycles. The smallest absolute Gasteiger partial charge is 0.381 e. The van der Waals surface area contributed by atoms with E-state index in [1.165, 1.54) is 4.52 Å². The molecule has 2 aromatic rings. The molecule has 0 spiro atoms. The van der Waals surface area contributed by atoms with Crippen molar-refractivity contribution in [1.82, 2.24) is 35.7 Å². The molecule has 0 bridgehead atoms. The zero-order valence-electron chi connectivity index (χ0n) is 24.9. The summed E-state index contributed by atoms with van der Waals surface area (Å²) < 4.78 is 75.8. The van der Waals surface area contributed by atoms with E-state index in [1.807, 2.05) is 0 Å². The standard InChI is InChI=1S/C29H35F5N8O4/c30-28(31)6-3-15(4-7-28)21(37-26(44)24-23(14-1-2-14)40-46-41-24)20-12-42-27(36-20)38-22(16-5-8-45-13-16)19(39-42)10-17-9-18(29(32,33)34)11-35-25(17)43/h12,14-18,21,23,40H,1-11,13H2,(H,35,43)(H,37,44). The first-order chi connectivity index (χ1) is 21.9. The lowest BCUT2D eigenvalue weighted by Crippen LogP contribution is -2.47. The molecule has 5 unspecified atom stereocenters. The molecule has 2 saturated heterocycles. The van der Waals surface area contributed by atoms with Crippen molar-refractivity contribution in [3.63, 3.8) is 0 Å². The molecule has 2 aliphatic carbocycles. The predicted octanol–water partition coefficient (Wildman–Crippen LogP) is 3.14. The van der Waals surface area contributed by atoms with E-state index in [-0.39, 0.29) is 73.8 Å². The zero-order valence-corrected chi connectivity index (χ0v) is 24.9. The number of aromatic nitrogens is 4. The van der Waals surface area contributed by atoms with Crippen molar-refractivity contribution in [1.29, 1.82) is 0 Å². The molecule has 0 aromatic carbocycles. The van der Waals surface area contributed by atoms with E-state index in [4.69, 9.17) is 19.8 Å². The molecule has 3 N–H and O–H groups in total. The normalized spacial score (nSPS) is 29.3. The highest BCUT2D eigenvalue weighted by atomic mass is 19.4. The molecular formula is C29H35F5N8O4. The average molecular weight is 655 g/mol. The third kappa shape index (κ3) is 6.39. The van der Waals surface area contributed by atoms with Crippen molar-refractivity contribution in [2.75, 3.05) is 19.8 Å². The number of alkyl halides is 5. The van der Waals surface area contributed by atoms with Crippen LogP contribution in [0.1, 0.15) is 80.4 Å². The Balaban J connectivity index is 1.21. The molecule has 5 atom stereocenters. The number of ether oxygens (including phenoxy) is 1. The second-order valence-electron chi connectivity index (χ2n) is 13.2. The molecule has 46 heavy (non-hydrogen) atoms. The number of fused-ring (bicyclic) bond motifs is 1. The Bertz CT molecular complexity index is 1510. The van der Waals surface area contributed by atoms with Crippen molar-refractivity contribution in [3.05, 3.63) is 23.3 Å². The van der Waals surface area contributed by atoms with E-state index >= 15 is 0 Å². The van der Waals surface area contributed by atoms with Crippen LogP contribution in [0.2, 0.25) is 0 Å². The van der Waals surface area contributed by atoms with E-state index in [9.17, 15) is 31.5 Å². The Hall–Kier alpha value is -3.47. The number of hydrogen-bond donors (Lipinski definition) is 3. The molecule has 5 heterocycles. The van der Waals surface area contributed by atoms with Crippen LogP contribution in [0.15, 0.2) is 11.4 Å². The maximum Gasteiger partial charge on any atom is 0.393 e. The van der Waals surface area contributed by atoms with Crippen molar-refractivity contribution in [2.24, 2.45) is 28.8 Å². The summed E-state index contributed by atoms with van der Waals surface area (Å²) in [5.74, 6) is -6.54. The number of hydroxylamine groups is 1. The summed E-state index contributed by atoms with van der Waals surface area (Å²) in [5.41, 5.74) is 4.16. The number of hydrogen-bond acceptors (Lipinski definition) is 9. The minimum absolute atomic E-state index is 0.0616. The Morgan fingerprint density at radius 3 is 2.63 bits per heavy atom. The SMILES string of the molecule is O=C(NC(c1cn2nc(CC3CC(C(F)(F)F)CNC3=O)c(C3CCOC3)nc2n1)C1CCC(F)(F)CC1)C1=NONC1C1CC1. The summed E-state index contributed by atoms with van der Waals surface area (Å²) in [5, 5.41) is 13.9. The van der Waals surface area contributed by atoms with Gasteiger partial charge < -0.3 is 15.4 Å². The van der Waals surface area contributed by atoms with Crippen LogP contribution in [0.5, 0.6) is 0 Å². The van der Waals surface area contributed by atoms with E-state index < -0.39 is 48.3 Å². The van der Waals surface area contributed by atoms with E-state index in [0.29, 0.717) is 36.7 Å². The number of piperidine rings is 1. The molecule has 5 aliphatic rings. The fourth-order valence-electron chi connectivity index (χ4n) is 7.04. The first-order valence-corrected chi connectivity index (χ1v) is 15.8. The third-order valence-corrected chi connectivity index (χ3v) is 9.90. The van der Waals surface area contributed by atoms with Crippen LogP contribution in [-0.4, -0.2) is 75.0 Å². The van der Waals surface area contributed by atoms with Crippen molar-refractivity contribution in [3.8, 4) is 0 Å². The molecular weight excluding hydrogens is 619 g/mol. The molecule has 12 nitrogen and oxygen atoms in total. The number of amides is 2. The monoisotopic (exact) mass is 654 g/mol. The summed E-state index contributed by atoms with van der Waals surface area (Å²) >= 11 is 0. The highest BCUT2D eigenvalue weighted by Crippen LogP contribution is 2.42.